The van der Waals surface area contributed by atoms with E-state index in [1.807, 2.05) is 0 Å². The van der Waals surface area contributed by atoms with Gasteiger partial charge in [0.2, 0.25) is 0 Å². The van der Waals surface area contributed by atoms with E-state index in [0.717, 1.165) is 0 Å². The molecule has 0 unspecified atom stereocenters. The summed E-state index contributed by atoms with van der Waals surface area (Å²) in [6.07, 6.45) is 0.572. The van der Waals surface area contributed by atoms with Gasteiger partial charge in [-0.2, -0.15) is 0 Å². The van der Waals surface area contributed by atoms with Crippen molar-refractivity contribution < 1.29 is 14.3 Å². The molecule has 0 atom stereocenters. The molecule has 0 aliphatic rings. The van der Waals surface area contributed by atoms with Gasteiger partial charge in [-0.15, -0.1) is 0 Å². The zero-order valence-corrected chi connectivity index (χ0v) is 7.11. The number of aldehydes is 1. The Labute approximate surface area is 75.3 Å². The van der Waals surface area contributed by atoms with Crippen molar-refractivity contribution in [2.24, 2.45) is 0 Å². The zero-order valence-electron chi connectivity index (χ0n) is 7.11. The number of carbonyl (C=O) groups is 2. The summed E-state index contributed by atoms with van der Waals surface area (Å²) >= 11 is 0. The van der Waals surface area contributed by atoms with Crippen molar-refractivity contribution in [3.8, 4) is 0 Å². The van der Waals surface area contributed by atoms with E-state index in [2.05, 4.69) is 4.74 Å². The fourth-order valence-corrected chi connectivity index (χ4v) is 0.975. The molecule has 0 radical (unpaired) electrons. The smallest absolute Gasteiger partial charge is 0.338 e. The van der Waals surface area contributed by atoms with Gasteiger partial charge in [-0.1, -0.05) is 0 Å². The third kappa shape index (κ3) is 1.84. The number of hydrogen-bond acceptors (Lipinski definition) is 4. The molecule has 0 saturated heterocycles. The lowest BCUT2D eigenvalue weighted by atomic mass is 10.1. The topological polar surface area (TPSA) is 69.4 Å². The van der Waals surface area contributed by atoms with Crippen LogP contribution in [-0.2, 0) is 4.74 Å². The summed E-state index contributed by atoms with van der Waals surface area (Å²) in [5.41, 5.74) is 6.34. The van der Waals surface area contributed by atoms with E-state index in [1.165, 1.54) is 19.2 Å². The highest BCUT2D eigenvalue weighted by molar-refractivity contribution is 5.98. The molecule has 0 spiro atoms. The van der Waals surface area contributed by atoms with Crippen LogP contribution in [0.4, 0.5) is 5.69 Å². The average Bonchev–Trinajstić information content (AvgIpc) is 2.16. The number of ether oxygens (including phenoxy) is 1. The van der Waals surface area contributed by atoms with Crippen LogP contribution in [0.1, 0.15) is 20.7 Å². The van der Waals surface area contributed by atoms with Gasteiger partial charge in [0, 0.05) is 11.3 Å². The molecule has 0 fully saturated rings. The Balaban J connectivity index is 3.20. The lowest BCUT2D eigenvalue weighted by Gasteiger charge is -2.02. The summed E-state index contributed by atoms with van der Waals surface area (Å²) in [7, 11) is 1.26. The van der Waals surface area contributed by atoms with Gasteiger partial charge in [-0.05, 0) is 18.2 Å². The van der Waals surface area contributed by atoms with Crippen LogP contribution >= 0.6 is 0 Å². The Kier molecular flexibility index (Phi) is 2.64. The third-order valence-electron chi connectivity index (χ3n) is 1.61. The molecule has 0 saturated carbocycles. The number of nitrogens with two attached hydrogens (primary N) is 1. The van der Waals surface area contributed by atoms with E-state index in [0.29, 0.717) is 12.0 Å². The highest BCUT2D eigenvalue weighted by atomic mass is 16.5. The quantitative estimate of drug-likeness (QED) is 0.415. The van der Waals surface area contributed by atoms with Crippen LogP contribution in [0.2, 0.25) is 0 Å². The second kappa shape index (κ2) is 3.71. The maximum atomic E-state index is 11.1. The van der Waals surface area contributed by atoms with Gasteiger partial charge < -0.3 is 10.5 Å². The molecule has 0 aliphatic heterocycles. The molecular formula is C9H9NO3. The maximum absolute atomic E-state index is 11.1. The van der Waals surface area contributed by atoms with Crippen LogP contribution in [0.25, 0.3) is 0 Å². The van der Waals surface area contributed by atoms with Gasteiger partial charge in [0.25, 0.3) is 0 Å². The van der Waals surface area contributed by atoms with Crippen molar-refractivity contribution in [3.63, 3.8) is 0 Å². The predicted octanol–water partition coefficient (Wildman–Crippen LogP) is 0.868. The molecule has 0 heterocycles. The molecule has 4 heteroatoms. The van der Waals surface area contributed by atoms with Crippen molar-refractivity contribution in [2.45, 2.75) is 0 Å². The van der Waals surface area contributed by atoms with E-state index in [1.54, 1.807) is 6.07 Å². The molecule has 68 valence electrons. The first kappa shape index (κ1) is 9.25. The van der Waals surface area contributed by atoms with E-state index in [-0.39, 0.29) is 11.1 Å². The fraction of sp³-hybridized carbons (Fsp3) is 0.111. The molecular weight excluding hydrogens is 170 g/mol. The molecule has 0 aliphatic carbocycles. The minimum absolute atomic E-state index is 0.228. The fourth-order valence-electron chi connectivity index (χ4n) is 0.975. The summed E-state index contributed by atoms with van der Waals surface area (Å²) in [5, 5.41) is 0. The second-order valence-electron chi connectivity index (χ2n) is 2.46. The highest BCUT2D eigenvalue weighted by Crippen LogP contribution is 2.12. The van der Waals surface area contributed by atoms with E-state index >= 15 is 0 Å². The molecule has 0 bridgehead atoms. The third-order valence-corrected chi connectivity index (χ3v) is 1.61. The Hall–Kier alpha value is -1.84. The summed E-state index contributed by atoms with van der Waals surface area (Å²) in [4.78, 5) is 21.6. The Morgan fingerprint density at radius 1 is 1.54 bits per heavy atom. The predicted molar refractivity (Wildman–Crippen MR) is 47.6 cm³/mol. The Bertz CT molecular complexity index is 347. The largest absolute Gasteiger partial charge is 0.465 e. The van der Waals surface area contributed by atoms with Crippen LogP contribution in [0.5, 0.6) is 0 Å². The van der Waals surface area contributed by atoms with Crippen molar-refractivity contribution in [1.29, 1.82) is 0 Å². The van der Waals surface area contributed by atoms with Gasteiger partial charge in [0.05, 0.1) is 12.7 Å². The number of carbonyl (C=O) groups excluding carboxylic acids is 2. The summed E-state index contributed by atoms with van der Waals surface area (Å²) in [6, 6.07) is 4.43. The molecule has 1 aromatic rings. The minimum Gasteiger partial charge on any atom is -0.465 e. The van der Waals surface area contributed by atoms with Crippen molar-refractivity contribution in [3.05, 3.63) is 29.3 Å². The number of hydrogen-bond donors (Lipinski definition) is 1. The molecule has 0 amide bonds. The number of anilines is 1. The van der Waals surface area contributed by atoms with Crippen LogP contribution in [0.15, 0.2) is 18.2 Å². The Morgan fingerprint density at radius 3 is 2.77 bits per heavy atom. The lowest BCUT2D eigenvalue weighted by Crippen LogP contribution is -2.05. The van der Waals surface area contributed by atoms with E-state index in [9.17, 15) is 9.59 Å². The van der Waals surface area contributed by atoms with Gasteiger partial charge >= 0.3 is 5.97 Å². The van der Waals surface area contributed by atoms with Gasteiger partial charge in [0.15, 0.2) is 6.29 Å². The standard InChI is InChI=1S/C9H9NO3/c1-13-9(12)8-3-2-7(10)4-6(8)5-11/h2-5H,10H2,1H3. The molecule has 4 nitrogen and oxygen atoms in total. The molecule has 1 rings (SSSR count). The Morgan fingerprint density at radius 2 is 2.23 bits per heavy atom. The van der Waals surface area contributed by atoms with E-state index in [4.69, 9.17) is 5.73 Å². The van der Waals surface area contributed by atoms with Crippen LogP contribution in [0, 0.1) is 0 Å². The van der Waals surface area contributed by atoms with Crippen LogP contribution in [0.3, 0.4) is 0 Å². The van der Waals surface area contributed by atoms with Crippen LogP contribution < -0.4 is 5.73 Å². The van der Waals surface area contributed by atoms with Crippen LogP contribution in [-0.4, -0.2) is 19.4 Å². The number of esters is 1. The SMILES string of the molecule is COC(=O)c1ccc(N)cc1C=O. The molecule has 13 heavy (non-hydrogen) atoms. The van der Waals surface area contributed by atoms with Gasteiger partial charge in [-0.25, -0.2) is 4.79 Å². The highest BCUT2D eigenvalue weighted by Gasteiger charge is 2.10. The van der Waals surface area contributed by atoms with Crippen molar-refractivity contribution >= 4 is 17.9 Å². The monoisotopic (exact) mass is 179 g/mol. The summed E-state index contributed by atoms with van der Waals surface area (Å²) < 4.78 is 4.48. The number of benzene rings is 1. The first-order chi connectivity index (χ1) is 6.19. The molecule has 0 aromatic heterocycles. The number of nitrogen functional groups attached to an aromatic ring is 1. The number of methoxy groups -OCH3 is 1. The van der Waals surface area contributed by atoms with Gasteiger partial charge in [-0.3, -0.25) is 4.79 Å². The maximum Gasteiger partial charge on any atom is 0.338 e. The molecule has 2 N–H and O–H groups in total. The second-order valence-corrected chi connectivity index (χ2v) is 2.46. The summed E-state index contributed by atoms with van der Waals surface area (Å²) in [6.45, 7) is 0. The first-order valence-electron chi connectivity index (χ1n) is 3.62. The van der Waals surface area contributed by atoms with E-state index < -0.39 is 5.97 Å². The molecule has 1 aromatic carbocycles. The van der Waals surface area contributed by atoms with Gasteiger partial charge in [0.1, 0.15) is 0 Å². The zero-order chi connectivity index (χ0) is 9.84. The summed E-state index contributed by atoms with van der Waals surface area (Å²) in [5.74, 6) is -0.540. The first-order valence-corrected chi connectivity index (χ1v) is 3.62. The minimum atomic E-state index is -0.540. The number of rotatable bonds is 2. The lowest BCUT2D eigenvalue weighted by molar-refractivity contribution is 0.0598. The normalized spacial score (nSPS) is 9.31. The average molecular weight is 179 g/mol. The van der Waals surface area contributed by atoms with Crippen molar-refractivity contribution in [2.75, 3.05) is 12.8 Å². The van der Waals surface area contributed by atoms with Crippen molar-refractivity contribution in [1.82, 2.24) is 0 Å².